The van der Waals surface area contributed by atoms with Crippen molar-refractivity contribution in [3.8, 4) is 11.5 Å². The number of anilines is 1. The van der Waals surface area contributed by atoms with Gasteiger partial charge in [-0.2, -0.15) is 0 Å². The molecule has 0 bridgehead atoms. The fraction of sp³-hybridized carbons (Fsp3) is 0.462. The highest BCUT2D eigenvalue weighted by atomic mass is 35.5. The molecular weight excluding hydrogens is 534 g/mol. The first-order chi connectivity index (χ1) is 18.1. The Bertz CT molecular complexity index is 1310. The molecule has 1 atom stereocenters. The molecule has 2 heterocycles. The Labute approximate surface area is 227 Å². The van der Waals surface area contributed by atoms with Crippen molar-refractivity contribution in [1.29, 1.82) is 0 Å². The summed E-state index contributed by atoms with van der Waals surface area (Å²) in [5.41, 5.74) is 1.73. The van der Waals surface area contributed by atoms with Crippen molar-refractivity contribution in [1.82, 2.24) is 9.80 Å². The van der Waals surface area contributed by atoms with Gasteiger partial charge in [-0.15, -0.1) is 0 Å². The maximum Gasteiger partial charge on any atom is 0.257 e. The average Bonchev–Trinajstić information content (AvgIpc) is 3.22. The Kier molecular flexibility index (Phi) is 8.81. The van der Waals surface area contributed by atoms with E-state index in [0.29, 0.717) is 66.2 Å². The summed E-state index contributed by atoms with van der Waals surface area (Å²) in [6.45, 7) is 4.91. The molecule has 0 aromatic heterocycles. The maximum absolute atomic E-state index is 13.8. The number of amides is 2. The number of sulfone groups is 1. The number of hydrogen-bond donors (Lipinski definition) is 1. The molecule has 10 nitrogen and oxygen atoms in total. The summed E-state index contributed by atoms with van der Waals surface area (Å²) < 4.78 is 41.3. The summed E-state index contributed by atoms with van der Waals surface area (Å²) in [4.78, 5) is 30.1. The van der Waals surface area contributed by atoms with Crippen molar-refractivity contribution in [2.24, 2.45) is 0 Å². The third-order valence-corrected chi connectivity index (χ3v) is 7.79. The summed E-state index contributed by atoms with van der Waals surface area (Å²) >= 11 is 6.49. The maximum atomic E-state index is 13.8. The number of hydrogen-bond acceptors (Lipinski definition) is 8. The van der Waals surface area contributed by atoms with Gasteiger partial charge in [0.25, 0.3) is 5.91 Å². The van der Waals surface area contributed by atoms with E-state index in [9.17, 15) is 18.0 Å². The van der Waals surface area contributed by atoms with Gasteiger partial charge in [0.05, 0.1) is 56.5 Å². The molecule has 2 aromatic rings. The fourth-order valence-corrected chi connectivity index (χ4v) is 5.90. The van der Waals surface area contributed by atoms with Gasteiger partial charge in [0, 0.05) is 36.5 Å². The van der Waals surface area contributed by atoms with E-state index in [-0.39, 0.29) is 30.3 Å². The van der Waals surface area contributed by atoms with E-state index in [1.165, 1.54) is 12.0 Å². The number of nitrogens with zero attached hydrogens (tertiary/aromatic N) is 2. The minimum Gasteiger partial charge on any atom is -0.493 e. The predicted octanol–water partition coefficient (Wildman–Crippen LogP) is 2.76. The zero-order chi connectivity index (χ0) is 27.4. The van der Waals surface area contributed by atoms with Crippen LogP contribution in [0.15, 0.2) is 30.3 Å². The van der Waals surface area contributed by atoms with Crippen LogP contribution >= 0.6 is 11.6 Å². The van der Waals surface area contributed by atoms with Gasteiger partial charge < -0.3 is 24.4 Å². The lowest BCUT2D eigenvalue weighted by atomic mass is 10.1. The Morgan fingerprint density at radius 3 is 2.58 bits per heavy atom. The molecule has 2 aliphatic heterocycles. The van der Waals surface area contributed by atoms with Gasteiger partial charge >= 0.3 is 0 Å². The molecular formula is C26H32ClN3O7S. The standard InChI is InChI=1S/C26H32ClN3O7S/c1-4-37-23-13-17(5-8-22(23)35-2)21(16-38(3,33)34)30-14-18-19(27)6-7-20(25(18)26(30)32)28-24(31)15-29-9-11-36-12-10-29/h5-8,13,21H,4,9-12,14-16H2,1-3H3,(H,28,31)/t21-/m1/s1. The quantitative estimate of drug-likeness (QED) is 0.468. The number of morpholine rings is 1. The summed E-state index contributed by atoms with van der Waals surface area (Å²) in [5, 5.41) is 3.22. The first-order valence-corrected chi connectivity index (χ1v) is 14.8. The van der Waals surface area contributed by atoms with Crippen molar-refractivity contribution in [2.45, 2.75) is 19.5 Å². The number of carbonyl (C=O) groups excluding carboxylic acids is 2. The molecule has 0 saturated carbocycles. The second kappa shape index (κ2) is 11.9. The van der Waals surface area contributed by atoms with Crippen molar-refractivity contribution in [2.75, 3.05) is 63.9 Å². The molecule has 0 aliphatic carbocycles. The van der Waals surface area contributed by atoms with Crippen LogP contribution in [0.1, 0.15) is 34.5 Å². The van der Waals surface area contributed by atoms with E-state index in [4.69, 9.17) is 25.8 Å². The van der Waals surface area contributed by atoms with Crippen molar-refractivity contribution in [3.05, 3.63) is 52.0 Å². The van der Waals surface area contributed by atoms with Crippen LogP contribution in [0, 0.1) is 0 Å². The number of rotatable bonds is 10. The lowest BCUT2D eigenvalue weighted by molar-refractivity contribution is -0.118. The highest BCUT2D eigenvalue weighted by molar-refractivity contribution is 7.90. The van der Waals surface area contributed by atoms with E-state index in [2.05, 4.69) is 5.32 Å². The average molecular weight is 566 g/mol. The third-order valence-electron chi connectivity index (χ3n) is 6.51. The van der Waals surface area contributed by atoms with Gasteiger partial charge in [0.15, 0.2) is 11.5 Å². The number of benzene rings is 2. The van der Waals surface area contributed by atoms with Gasteiger partial charge in [-0.25, -0.2) is 8.42 Å². The molecule has 2 aliphatic rings. The Hall–Kier alpha value is -2.86. The van der Waals surface area contributed by atoms with Crippen molar-refractivity contribution < 1.29 is 32.2 Å². The lowest BCUT2D eigenvalue weighted by Crippen LogP contribution is -2.41. The zero-order valence-electron chi connectivity index (χ0n) is 21.7. The van der Waals surface area contributed by atoms with Gasteiger partial charge in [-0.3, -0.25) is 14.5 Å². The van der Waals surface area contributed by atoms with Crippen LogP contribution in [0.25, 0.3) is 0 Å². The Morgan fingerprint density at radius 2 is 1.92 bits per heavy atom. The molecule has 2 aromatic carbocycles. The second-order valence-electron chi connectivity index (χ2n) is 9.27. The molecule has 1 saturated heterocycles. The molecule has 0 radical (unpaired) electrons. The SMILES string of the molecule is CCOc1cc([C@@H](CS(C)(=O)=O)N2Cc3c(Cl)ccc(NC(=O)CN4CCOCC4)c3C2=O)ccc1OC. The number of carbonyl (C=O) groups is 2. The van der Waals surface area contributed by atoms with Crippen LogP contribution in [-0.4, -0.2) is 88.6 Å². The molecule has 2 amide bonds. The Morgan fingerprint density at radius 1 is 1.18 bits per heavy atom. The molecule has 12 heteroatoms. The number of halogens is 1. The molecule has 1 fully saturated rings. The van der Waals surface area contributed by atoms with E-state index in [1.807, 2.05) is 11.8 Å². The molecule has 0 spiro atoms. The minimum absolute atomic E-state index is 0.0936. The van der Waals surface area contributed by atoms with E-state index in [1.54, 1.807) is 30.3 Å². The number of methoxy groups -OCH3 is 1. The first-order valence-electron chi connectivity index (χ1n) is 12.3. The molecule has 0 unspecified atom stereocenters. The van der Waals surface area contributed by atoms with Crippen LogP contribution < -0.4 is 14.8 Å². The van der Waals surface area contributed by atoms with Gasteiger partial charge in [-0.1, -0.05) is 17.7 Å². The van der Waals surface area contributed by atoms with Crippen LogP contribution in [0.4, 0.5) is 5.69 Å². The molecule has 1 N–H and O–H groups in total. The summed E-state index contributed by atoms with van der Waals surface area (Å²) in [7, 11) is -1.98. The highest BCUT2D eigenvalue weighted by Crippen LogP contribution is 2.40. The lowest BCUT2D eigenvalue weighted by Gasteiger charge is -2.28. The summed E-state index contributed by atoms with van der Waals surface area (Å²) in [5.74, 6) is -0.0261. The van der Waals surface area contributed by atoms with E-state index in [0.717, 1.165) is 6.26 Å². The normalized spacial score (nSPS) is 16.7. The first kappa shape index (κ1) is 28.2. The van der Waals surface area contributed by atoms with Crippen LogP contribution in [0.3, 0.4) is 0 Å². The van der Waals surface area contributed by atoms with Crippen molar-refractivity contribution in [3.63, 3.8) is 0 Å². The summed E-state index contributed by atoms with van der Waals surface area (Å²) in [6.07, 6.45) is 1.13. The third kappa shape index (κ3) is 6.40. The van der Waals surface area contributed by atoms with Gasteiger partial charge in [0.2, 0.25) is 5.91 Å². The van der Waals surface area contributed by atoms with Crippen LogP contribution in [0.5, 0.6) is 11.5 Å². The summed E-state index contributed by atoms with van der Waals surface area (Å²) in [6, 6.07) is 7.52. The number of fused-ring (bicyclic) bond motifs is 1. The van der Waals surface area contributed by atoms with Crippen LogP contribution in [0.2, 0.25) is 5.02 Å². The predicted molar refractivity (Wildman–Crippen MR) is 144 cm³/mol. The topological polar surface area (TPSA) is 114 Å². The molecule has 4 rings (SSSR count). The van der Waals surface area contributed by atoms with Crippen molar-refractivity contribution >= 4 is 38.9 Å². The second-order valence-corrected chi connectivity index (χ2v) is 11.9. The highest BCUT2D eigenvalue weighted by Gasteiger charge is 2.38. The molecule has 206 valence electrons. The number of ether oxygens (including phenoxy) is 3. The largest absolute Gasteiger partial charge is 0.493 e. The van der Waals surface area contributed by atoms with Gasteiger partial charge in [0.1, 0.15) is 9.84 Å². The minimum atomic E-state index is -3.50. The van der Waals surface area contributed by atoms with E-state index >= 15 is 0 Å². The smallest absolute Gasteiger partial charge is 0.257 e. The van der Waals surface area contributed by atoms with Gasteiger partial charge in [-0.05, 0) is 36.8 Å². The Balaban J connectivity index is 1.66. The number of nitrogens with one attached hydrogen (secondary N) is 1. The fourth-order valence-electron chi connectivity index (χ4n) is 4.74. The zero-order valence-corrected chi connectivity index (χ0v) is 23.2. The van der Waals surface area contributed by atoms with Crippen LogP contribution in [-0.2, 0) is 25.9 Å². The van der Waals surface area contributed by atoms with E-state index < -0.39 is 21.8 Å². The monoisotopic (exact) mass is 565 g/mol. The molecule has 38 heavy (non-hydrogen) atoms.